The van der Waals surface area contributed by atoms with E-state index in [1.165, 1.54) is 6.07 Å². The van der Waals surface area contributed by atoms with Crippen molar-refractivity contribution in [2.45, 2.75) is 31.8 Å². The van der Waals surface area contributed by atoms with Gasteiger partial charge < -0.3 is 35.1 Å². The first kappa shape index (κ1) is 28.9. The molecule has 2 aromatic heterocycles. The Morgan fingerprint density at radius 1 is 1.25 bits per heavy atom. The van der Waals surface area contributed by atoms with Crippen LogP contribution in [-0.4, -0.2) is 84.8 Å². The van der Waals surface area contributed by atoms with E-state index in [2.05, 4.69) is 16.3 Å². The Hall–Kier alpha value is -3.80. The third-order valence-corrected chi connectivity index (χ3v) is 9.85. The monoisotopic (exact) mass is 637 g/mol. The quantitative estimate of drug-likeness (QED) is 0.317. The summed E-state index contributed by atoms with van der Waals surface area (Å²) in [5.74, 6) is -0.100. The van der Waals surface area contributed by atoms with Crippen LogP contribution in [0.25, 0.3) is 32.1 Å². The van der Waals surface area contributed by atoms with Crippen LogP contribution in [-0.2, 0) is 27.5 Å². The number of thiophene rings is 1. The summed E-state index contributed by atoms with van der Waals surface area (Å²) in [5.41, 5.74) is 9.43. The number of aromatic nitrogens is 2. The number of likely N-dealkylation sites (tertiary alicyclic amines) is 1. The molecule has 2 atom stereocenters. The highest BCUT2D eigenvalue weighted by atomic mass is 35.5. The molecule has 2 saturated heterocycles. The van der Waals surface area contributed by atoms with Crippen LogP contribution in [0.15, 0.2) is 12.1 Å². The number of nitriles is 1. The zero-order chi connectivity index (χ0) is 30.7. The van der Waals surface area contributed by atoms with Gasteiger partial charge >= 0.3 is 6.01 Å². The van der Waals surface area contributed by atoms with Gasteiger partial charge in [-0.25, -0.2) is 4.39 Å². The fourth-order valence-corrected chi connectivity index (χ4v) is 7.53. The zero-order valence-electron chi connectivity index (χ0n) is 24.1. The van der Waals surface area contributed by atoms with Crippen molar-refractivity contribution in [3.63, 3.8) is 0 Å². The van der Waals surface area contributed by atoms with Crippen molar-refractivity contribution in [1.82, 2.24) is 19.8 Å². The topological polar surface area (TPSA) is 139 Å². The van der Waals surface area contributed by atoms with E-state index < -0.39 is 11.9 Å². The number of nitrogens with two attached hydrogens (primary N) is 1. The number of ether oxygens (including phenoxy) is 3. The number of hydrogen-bond donors (Lipinski definition) is 2. The van der Waals surface area contributed by atoms with Crippen LogP contribution >= 0.6 is 22.9 Å². The van der Waals surface area contributed by atoms with Crippen LogP contribution in [0.2, 0.25) is 5.02 Å². The SMILES string of the molecule is CN1CCOC(COc2nc(NC3CCN(C)C3=O)c3c4c(c(-c5ccc(F)c6sc(N)c(C#N)c56)c(Cl)c3n2)COC4)C1. The first-order valence-electron chi connectivity index (χ1n) is 14.2. The lowest BCUT2D eigenvalue weighted by Crippen LogP contribution is -2.42. The molecule has 0 aliphatic carbocycles. The highest BCUT2D eigenvalue weighted by Gasteiger charge is 2.33. The number of morpholine rings is 1. The van der Waals surface area contributed by atoms with Crippen LogP contribution in [0.4, 0.5) is 15.2 Å². The van der Waals surface area contributed by atoms with E-state index in [0.29, 0.717) is 59.4 Å². The van der Waals surface area contributed by atoms with E-state index >= 15 is 0 Å². The van der Waals surface area contributed by atoms with Crippen molar-refractivity contribution >= 4 is 60.7 Å². The summed E-state index contributed by atoms with van der Waals surface area (Å²) < 4.78 is 33.1. The average molecular weight is 638 g/mol. The van der Waals surface area contributed by atoms with Gasteiger partial charge in [-0.15, -0.1) is 11.3 Å². The summed E-state index contributed by atoms with van der Waals surface area (Å²) in [4.78, 5) is 26.2. The molecule has 5 heterocycles. The Kier molecular flexibility index (Phi) is 7.42. The molecule has 3 aliphatic rings. The Morgan fingerprint density at radius 3 is 2.82 bits per heavy atom. The highest BCUT2D eigenvalue weighted by Crippen LogP contribution is 2.49. The Morgan fingerprint density at radius 2 is 2.07 bits per heavy atom. The Bertz CT molecular complexity index is 1880. The number of amides is 1. The molecule has 11 nitrogen and oxygen atoms in total. The summed E-state index contributed by atoms with van der Waals surface area (Å²) >= 11 is 8.27. The molecule has 0 bridgehead atoms. The van der Waals surface area contributed by atoms with Gasteiger partial charge in [0.05, 0.1) is 46.0 Å². The summed E-state index contributed by atoms with van der Waals surface area (Å²) in [6.07, 6.45) is 0.434. The molecule has 1 amide bonds. The second kappa shape index (κ2) is 11.3. The molecule has 14 heteroatoms. The van der Waals surface area contributed by atoms with Crippen LogP contribution in [0.1, 0.15) is 23.1 Å². The minimum absolute atomic E-state index is 0.0405. The maximum absolute atomic E-state index is 15.0. The van der Waals surface area contributed by atoms with Gasteiger partial charge in [0.2, 0.25) is 5.91 Å². The lowest BCUT2D eigenvalue weighted by atomic mass is 9.91. The third kappa shape index (κ3) is 4.78. The van der Waals surface area contributed by atoms with Gasteiger partial charge in [-0.2, -0.15) is 15.2 Å². The minimum Gasteiger partial charge on any atom is -0.461 e. The molecule has 3 aliphatic heterocycles. The van der Waals surface area contributed by atoms with Gasteiger partial charge in [0.1, 0.15) is 41.5 Å². The van der Waals surface area contributed by atoms with Gasteiger partial charge in [-0.1, -0.05) is 17.7 Å². The van der Waals surface area contributed by atoms with E-state index in [1.807, 2.05) is 7.05 Å². The van der Waals surface area contributed by atoms with Crippen molar-refractivity contribution in [2.75, 3.05) is 58.0 Å². The molecule has 0 saturated carbocycles. The maximum atomic E-state index is 15.0. The van der Waals surface area contributed by atoms with Crippen LogP contribution in [0, 0.1) is 17.1 Å². The van der Waals surface area contributed by atoms with Crippen molar-refractivity contribution in [1.29, 1.82) is 5.26 Å². The molecule has 3 N–H and O–H groups in total. The van der Waals surface area contributed by atoms with E-state index in [-0.39, 0.29) is 58.1 Å². The first-order chi connectivity index (χ1) is 21.2. The fourth-order valence-electron chi connectivity index (χ4n) is 6.23. The second-order valence-electron chi connectivity index (χ2n) is 11.3. The number of carbonyl (C=O) groups excluding carboxylic acids is 1. The number of nitrogen functional groups attached to an aromatic ring is 1. The standard InChI is InChI=1S/C30H29ClFN7O4S/c1-38-7-8-42-14(10-38)11-43-30-36-25-23(28(37-30)35-20-5-6-39(2)29(20)40)18-13-41-12-17(18)21(24(25)31)15-3-4-19(32)26-22(15)16(9-33)27(34)44-26/h3-4,14,20H,5-8,10-13,34H2,1-2H3,(H,35,36,37). The molecule has 7 rings (SSSR count). The number of anilines is 2. The number of halogens is 2. The first-order valence-corrected chi connectivity index (χ1v) is 15.4. The normalized spacial score (nSPS) is 20.4. The van der Waals surface area contributed by atoms with Crippen molar-refractivity contribution in [2.24, 2.45) is 0 Å². The lowest BCUT2D eigenvalue weighted by Gasteiger charge is -2.29. The summed E-state index contributed by atoms with van der Waals surface area (Å²) in [5, 5.41) is 14.8. The van der Waals surface area contributed by atoms with Gasteiger partial charge in [-0.05, 0) is 36.2 Å². The largest absolute Gasteiger partial charge is 0.461 e. The number of nitrogens with one attached hydrogen (secondary N) is 1. The third-order valence-electron chi connectivity index (χ3n) is 8.45. The van der Waals surface area contributed by atoms with Gasteiger partial charge in [-0.3, -0.25) is 4.79 Å². The van der Waals surface area contributed by atoms with Crippen molar-refractivity contribution in [3.8, 4) is 23.2 Å². The van der Waals surface area contributed by atoms with Gasteiger partial charge in [0, 0.05) is 37.6 Å². The number of likely N-dealkylation sites (N-methyl/N-ethyl adjacent to an activating group) is 2. The van der Waals surface area contributed by atoms with Gasteiger partial charge in [0.15, 0.2) is 0 Å². The average Bonchev–Trinajstić information content (AvgIpc) is 3.71. The summed E-state index contributed by atoms with van der Waals surface area (Å²) in [6, 6.07) is 4.68. The van der Waals surface area contributed by atoms with Crippen LogP contribution < -0.4 is 15.8 Å². The summed E-state index contributed by atoms with van der Waals surface area (Å²) in [7, 11) is 3.79. The predicted molar refractivity (Wildman–Crippen MR) is 165 cm³/mol. The number of benzene rings is 2. The Balaban J connectivity index is 1.43. The Labute approximate surface area is 261 Å². The predicted octanol–water partition coefficient (Wildman–Crippen LogP) is 4.14. The smallest absolute Gasteiger partial charge is 0.319 e. The highest BCUT2D eigenvalue weighted by molar-refractivity contribution is 7.23. The summed E-state index contributed by atoms with van der Waals surface area (Å²) in [6.45, 7) is 3.45. The van der Waals surface area contributed by atoms with Crippen LogP contribution in [0.5, 0.6) is 6.01 Å². The number of hydrogen-bond acceptors (Lipinski definition) is 11. The van der Waals surface area contributed by atoms with E-state index in [0.717, 1.165) is 29.0 Å². The number of nitrogens with zero attached hydrogens (tertiary/aromatic N) is 5. The van der Waals surface area contributed by atoms with E-state index in [4.69, 9.17) is 41.5 Å². The molecular weight excluding hydrogens is 609 g/mol. The number of fused-ring (bicyclic) bond motifs is 4. The molecule has 2 aromatic carbocycles. The number of carbonyl (C=O) groups is 1. The van der Waals surface area contributed by atoms with E-state index in [9.17, 15) is 14.4 Å². The minimum atomic E-state index is -0.485. The molecule has 0 spiro atoms. The maximum Gasteiger partial charge on any atom is 0.319 e. The van der Waals surface area contributed by atoms with E-state index in [1.54, 1.807) is 18.0 Å². The zero-order valence-corrected chi connectivity index (χ0v) is 25.6. The molecule has 2 fully saturated rings. The molecule has 4 aromatic rings. The molecule has 2 unspecified atom stereocenters. The van der Waals surface area contributed by atoms with Gasteiger partial charge in [0.25, 0.3) is 0 Å². The second-order valence-corrected chi connectivity index (χ2v) is 12.7. The lowest BCUT2D eigenvalue weighted by molar-refractivity contribution is -0.127. The molecule has 0 radical (unpaired) electrons. The molecular formula is C30H29ClFN7O4S. The fraction of sp³-hybridized carbons (Fsp3) is 0.400. The number of rotatable bonds is 6. The van der Waals surface area contributed by atoms with Crippen molar-refractivity contribution < 1.29 is 23.4 Å². The van der Waals surface area contributed by atoms with Crippen LogP contribution in [0.3, 0.4) is 0 Å². The molecule has 44 heavy (non-hydrogen) atoms. The molecule has 228 valence electrons. The van der Waals surface area contributed by atoms with Crippen molar-refractivity contribution in [3.05, 3.63) is 39.7 Å².